The van der Waals surface area contributed by atoms with Gasteiger partial charge in [0.15, 0.2) is 5.76 Å². The number of nitrogens with zero attached hydrogens (tertiary/aromatic N) is 5. The van der Waals surface area contributed by atoms with Gasteiger partial charge >= 0.3 is 0 Å². The predicted octanol–water partition coefficient (Wildman–Crippen LogP) is 1.75. The summed E-state index contributed by atoms with van der Waals surface area (Å²) in [4.78, 5) is 11.2. The summed E-state index contributed by atoms with van der Waals surface area (Å²) in [6.45, 7) is 4.02. The maximum Gasteiger partial charge on any atom is 0.217 e. The van der Waals surface area contributed by atoms with E-state index >= 15 is 0 Å². The SMILES string of the molecule is c1cncc(-n2nc(-c3ccco3)nc2CN2CCOCC2)c1. The predicted molar refractivity (Wildman–Crippen MR) is 83.0 cm³/mol. The lowest BCUT2D eigenvalue weighted by Gasteiger charge is -2.25. The van der Waals surface area contributed by atoms with Crippen LogP contribution in [0.2, 0.25) is 0 Å². The fourth-order valence-corrected chi connectivity index (χ4v) is 2.60. The van der Waals surface area contributed by atoms with Gasteiger partial charge in [0.05, 0.1) is 37.9 Å². The Kier molecular flexibility index (Phi) is 3.87. The monoisotopic (exact) mass is 311 g/mol. The zero-order valence-electron chi connectivity index (χ0n) is 12.6. The van der Waals surface area contributed by atoms with Gasteiger partial charge in [-0.2, -0.15) is 0 Å². The second-order valence-electron chi connectivity index (χ2n) is 5.34. The molecule has 0 spiro atoms. The second kappa shape index (κ2) is 6.31. The Morgan fingerprint density at radius 1 is 1.13 bits per heavy atom. The maximum absolute atomic E-state index is 5.43. The van der Waals surface area contributed by atoms with E-state index in [1.54, 1.807) is 18.7 Å². The standard InChI is InChI=1S/C16H17N5O2/c1-3-13(11-17-5-1)21-15(12-20-6-9-22-10-7-20)18-16(19-21)14-4-2-8-23-14/h1-5,8,11H,6-7,9-10,12H2. The van der Waals surface area contributed by atoms with Crippen molar-refractivity contribution >= 4 is 0 Å². The Morgan fingerprint density at radius 2 is 2.04 bits per heavy atom. The minimum atomic E-state index is 0.585. The topological polar surface area (TPSA) is 69.2 Å². The molecule has 4 heterocycles. The van der Waals surface area contributed by atoms with E-state index in [9.17, 15) is 0 Å². The minimum absolute atomic E-state index is 0.585. The van der Waals surface area contributed by atoms with E-state index in [1.165, 1.54) is 0 Å². The van der Waals surface area contributed by atoms with Crippen molar-refractivity contribution in [3.05, 3.63) is 48.7 Å². The molecule has 0 bridgehead atoms. The summed E-state index contributed by atoms with van der Waals surface area (Å²) in [5.74, 6) is 2.12. The molecule has 0 amide bonds. The Balaban J connectivity index is 1.70. The van der Waals surface area contributed by atoms with E-state index in [1.807, 2.05) is 28.9 Å². The molecule has 0 aromatic carbocycles. The molecule has 0 saturated carbocycles. The number of morpholine rings is 1. The average Bonchev–Trinajstić information content (AvgIpc) is 3.26. The average molecular weight is 311 g/mol. The molecule has 7 heteroatoms. The fourth-order valence-electron chi connectivity index (χ4n) is 2.60. The molecule has 0 atom stereocenters. The first-order chi connectivity index (χ1) is 11.4. The smallest absolute Gasteiger partial charge is 0.217 e. The van der Waals surface area contributed by atoms with Crippen molar-refractivity contribution in [2.24, 2.45) is 0 Å². The minimum Gasteiger partial charge on any atom is -0.461 e. The highest BCUT2D eigenvalue weighted by Gasteiger charge is 2.19. The second-order valence-corrected chi connectivity index (χ2v) is 5.34. The molecule has 1 aliphatic heterocycles. The van der Waals surface area contributed by atoms with Crippen molar-refractivity contribution in [3.63, 3.8) is 0 Å². The molecule has 1 fully saturated rings. The normalized spacial score (nSPS) is 15.8. The van der Waals surface area contributed by atoms with Crippen LogP contribution < -0.4 is 0 Å². The third-order valence-electron chi connectivity index (χ3n) is 3.77. The first kappa shape index (κ1) is 14.1. The number of furan rings is 1. The number of pyridine rings is 1. The maximum atomic E-state index is 5.43. The van der Waals surface area contributed by atoms with Crippen molar-refractivity contribution in [2.75, 3.05) is 26.3 Å². The van der Waals surface area contributed by atoms with Crippen molar-refractivity contribution in [1.82, 2.24) is 24.6 Å². The van der Waals surface area contributed by atoms with Crippen molar-refractivity contribution in [3.8, 4) is 17.3 Å². The first-order valence-electron chi connectivity index (χ1n) is 7.60. The number of hydrogen-bond acceptors (Lipinski definition) is 6. The van der Waals surface area contributed by atoms with Crippen LogP contribution in [0.25, 0.3) is 17.3 Å². The van der Waals surface area contributed by atoms with Crippen LogP contribution in [0, 0.1) is 0 Å². The van der Waals surface area contributed by atoms with Gasteiger partial charge in [0.1, 0.15) is 5.82 Å². The van der Waals surface area contributed by atoms with Gasteiger partial charge in [0, 0.05) is 19.3 Å². The zero-order valence-corrected chi connectivity index (χ0v) is 12.6. The Labute approximate surface area is 133 Å². The van der Waals surface area contributed by atoms with Crippen LogP contribution in [0.5, 0.6) is 0 Å². The molecule has 23 heavy (non-hydrogen) atoms. The molecule has 118 valence electrons. The van der Waals surface area contributed by atoms with Crippen LogP contribution in [0.15, 0.2) is 47.3 Å². The highest BCUT2D eigenvalue weighted by molar-refractivity contribution is 5.46. The molecule has 3 aromatic heterocycles. The van der Waals surface area contributed by atoms with Crippen molar-refractivity contribution in [1.29, 1.82) is 0 Å². The van der Waals surface area contributed by atoms with Gasteiger partial charge in [-0.3, -0.25) is 9.88 Å². The molecule has 3 aromatic rings. The first-order valence-corrected chi connectivity index (χ1v) is 7.60. The zero-order chi connectivity index (χ0) is 15.5. The lowest BCUT2D eigenvalue weighted by atomic mass is 10.4. The lowest BCUT2D eigenvalue weighted by molar-refractivity contribution is 0.0328. The molecule has 7 nitrogen and oxygen atoms in total. The Bertz CT molecular complexity index is 748. The van der Waals surface area contributed by atoms with E-state index < -0.39 is 0 Å². The van der Waals surface area contributed by atoms with Gasteiger partial charge in [-0.15, -0.1) is 5.10 Å². The summed E-state index contributed by atoms with van der Waals surface area (Å²) in [6, 6.07) is 7.56. The summed E-state index contributed by atoms with van der Waals surface area (Å²) >= 11 is 0. The summed E-state index contributed by atoms with van der Waals surface area (Å²) in [5.41, 5.74) is 0.890. The molecule has 0 unspecified atom stereocenters. The van der Waals surface area contributed by atoms with Crippen LogP contribution in [0.4, 0.5) is 0 Å². The Hall–Kier alpha value is -2.51. The van der Waals surface area contributed by atoms with Gasteiger partial charge in [-0.05, 0) is 24.3 Å². The number of rotatable bonds is 4. The van der Waals surface area contributed by atoms with Gasteiger partial charge < -0.3 is 9.15 Å². The molecule has 0 radical (unpaired) electrons. The van der Waals surface area contributed by atoms with Gasteiger partial charge in [0.25, 0.3) is 0 Å². The van der Waals surface area contributed by atoms with Crippen LogP contribution in [-0.2, 0) is 11.3 Å². The van der Waals surface area contributed by atoms with Crippen LogP contribution in [0.1, 0.15) is 5.82 Å². The third kappa shape index (κ3) is 3.01. The highest BCUT2D eigenvalue weighted by atomic mass is 16.5. The van der Waals surface area contributed by atoms with Crippen LogP contribution >= 0.6 is 0 Å². The molecular weight excluding hydrogens is 294 g/mol. The van der Waals surface area contributed by atoms with Gasteiger partial charge in [0.2, 0.25) is 5.82 Å². The molecule has 0 N–H and O–H groups in total. The molecule has 0 aliphatic carbocycles. The largest absolute Gasteiger partial charge is 0.461 e. The van der Waals surface area contributed by atoms with Crippen LogP contribution in [0.3, 0.4) is 0 Å². The molecular formula is C16H17N5O2. The summed E-state index contributed by atoms with van der Waals surface area (Å²) in [5, 5.41) is 4.60. The lowest BCUT2D eigenvalue weighted by Crippen LogP contribution is -2.36. The van der Waals surface area contributed by atoms with Gasteiger partial charge in [-0.1, -0.05) is 0 Å². The quantitative estimate of drug-likeness (QED) is 0.731. The molecule has 1 aliphatic rings. The highest BCUT2D eigenvalue weighted by Crippen LogP contribution is 2.19. The van der Waals surface area contributed by atoms with E-state index in [0.717, 1.165) is 37.8 Å². The van der Waals surface area contributed by atoms with Crippen molar-refractivity contribution in [2.45, 2.75) is 6.54 Å². The summed E-state index contributed by atoms with van der Waals surface area (Å²) in [7, 11) is 0. The third-order valence-corrected chi connectivity index (χ3v) is 3.77. The van der Waals surface area contributed by atoms with E-state index in [4.69, 9.17) is 9.15 Å². The van der Waals surface area contributed by atoms with E-state index in [2.05, 4.69) is 20.0 Å². The van der Waals surface area contributed by atoms with E-state index in [0.29, 0.717) is 18.1 Å². The Morgan fingerprint density at radius 3 is 2.78 bits per heavy atom. The summed E-state index contributed by atoms with van der Waals surface area (Å²) in [6.07, 6.45) is 5.15. The van der Waals surface area contributed by atoms with Gasteiger partial charge in [-0.25, -0.2) is 9.67 Å². The molecule has 4 rings (SSSR count). The van der Waals surface area contributed by atoms with Crippen molar-refractivity contribution < 1.29 is 9.15 Å². The molecule has 1 saturated heterocycles. The van der Waals surface area contributed by atoms with Crippen LogP contribution in [-0.4, -0.2) is 51.0 Å². The number of aromatic nitrogens is 4. The number of hydrogen-bond donors (Lipinski definition) is 0. The van der Waals surface area contributed by atoms with E-state index in [-0.39, 0.29) is 0 Å². The summed E-state index contributed by atoms with van der Waals surface area (Å²) < 4.78 is 12.7. The number of ether oxygens (including phenoxy) is 1. The fraction of sp³-hybridized carbons (Fsp3) is 0.312.